The van der Waals surface area contributed by atoms with E-state index in [0.717, 1.165) is 57.7 Å². The van der Waals surface area contributed by atoms with Gasteiger partial charge in [0.2, 0.25) is 5.95 Å². The molecule has 4 rings (SSSR count). The van der Waals surface area contributed by atoms with Gasteiger partial charge in [-0.05, 0) is 43.4 Å². The van der Waals surface area contributed by atoms with Crippen LogP contribution in [0.15, 0.2) is 36.8 Å². The summed E-state index contributed by atoms with van der Waals surface area (Å²) in [6, 6.07) is 6.46. The Bertz CT molecular complexity index is 719. The SMILES string of the molecule is OC1CCCN(c2ccnc(NC3CCN(Cc4cccnc4)CC3)n2)C1. The molecular formula is C20H28N6O. The van der Waals surface area contributed by atoms with E-state index in [1.165, 1.54) is 5.56 Å². The molecule has 2 N–H and O–H groups in total. The number of aliphatic hydroxyl groups is 1. The van der Waals surface area contributed by atoms with Crippen LogP contribution in [0.1, 0.15) is 31.2 Å². The van der Waals surface area contributed by atoms with Crippen LogP contribution in [0, 0.1) is 0 Å². The highest BCUT2D eigenvalue weighted by atomic mass is 16.3. The van der Waals surface area contributed by atoms with E-state index in [2.05, 4.69) is 36.1 Å². The van der Waals surface area contributed by atoms with Gasteiger partial charge in [0.1, 0.15) is 5.82 Å². The summed E-state index contributed by atoms with van der Waals surface area (Å²) in [7, 11) is 0. The van der Waals surface area contributed by atoms with E-state index in [1.54, 1.807) is 0 Å². The van der Waals surface area contributed by atoms with Gasteiger partial charge in [-0.2, -0.15) is 4.98 Å². The minimum absolute atomic E-state index is 0.255. The molecule has 27 heavy (non-hydrogen) atoms. The van der Waals surface area contributed by atoms with Crippen LogP contribution in [0.2, 0.25) is 0 Å². The van der Waals surface area contributed by atoms with E-state index in [-0.39, 0.29) is 6.10 Å². The third-order valence-corrected chi connectivity index (χ3v) is 5.41. The molecule has 1 unspecified atom stereocenters. The smallest absolute Gasteiger partial charge is 0.224 e. The number of pyridine rings is 1. The number of nitrogens with one attached hydrogen (secondary N) is 1. The maximum Gasteiger partial charge on any atom is 0.224 e. The highest BCUT2D eigenvalue weighted by Crippen LogP contribution is 2.20. The highest BCUT2D eigenvalue weighted by Gasteiger charge is 2.22. The zero-order valence-electron chi connectivity index (χ0n) is 15.7. The van der Waals surface area contributed by atoms with Gasteiger partial charge in [0.25, 0.3) is 0 Å². The number of aromatic nitrogens is 3. The number of β-amino-alcohol motifs (C(OH)–C–C–N with tert-alkyl or cyclic N) is 1. The molecule has 0 saturated carbocycles. The minimum atomic E-state index is -0.255. The fourth-order valence-corrected chi connectivity index (χ4v) is 3.93. The number of aliphatic hydroxyl groups excluding tert-OH is 1. The van der Waals surface area contributed by atoms with Crippen LogP contribution in [0.5, 0.6) is 0 Å². The van der Waals surface area contributed by atoms with Crippen LogP contribution in [0.25, 0.3) is 0 Å². The van der Waals surface area contributed by atoms with Crippen molar-refractivity contribution in [1.29, 1.82) is 0 Å². The van der Waals surface area contributed by atoms with Crippen LogP contribution in [-0.2, 0) is 6.54 Å². The van der Waals surface area contributed by atoms with Gasteiger partial charge in [-0.15, -0.1) is 0 Å². The number of hydrogen-bond acceptors (Lipinski definition) is 7. The first-order valence-corrected chi connectivity index (χ1v) is 9.90. The number of hydrogen-bond donors (Lipinski definition) is 2. The Morgan fingerprint density at radius 1 is 1.11 bits per heavy atom. The first-order valence-electron chi connectivity index (χ1n) is 9.90. The zero-order chi connectivity index (χ0) is 18.5. The summed E-state index contributed by atoms with van der Waals surface area (Å²) in [5.74, 6) is 1.60. The van der Waals surface area contributed by atoms with Gasteiger partial charge in [0, 0.05) is 57.4 Å². The van der Waals surface area contributed by atoms with E-state index < -0.39 is 0 Å². The van der Waals surface area contributed by atoms with Crippen LogP contribution in [0.4, 0.5) is 11.8 Å². The quantitative estimate of drug-likeness (QED) is 0.835. The fraction of sp³-hybridized carbons (Fsp3) is 0.550. The average molecular weight is 368 g/mol. The molecule has 2 aliphatic rings. The second-order valence-corrected chi connectivity index (χ2v) is 7.54. The van der Waals surface area contributed by atoms with Crippen molar-refractivity contribution in [3.63, 3.8) is 0 Å². The van der Waals surface area contributed by atoms with Gasteiger partial charge in [-0.1, -0.05) is 6.07 Å². The Balaban J connectivity index is 1.29. The summed E-state index contributed by atoms with van der Waals surface area (Å²) >= 11 is 0. The lowest BCUT2D eigenvalue weighted by Gasteiger charge is -2.33. The topological polar surface area (TPSA) is 77.4 Å². The molecule has 4 heterocycles. The predicted molar refractivity (Wildman–Crippen MR) is 106 cm³/mol. The third kappa shape index (κ3) is 4.93. The number of anilines is 2. The van der Waals surface area contributed by atoms with E-state index in [0.29, 0.717) is 18.5 Å². The summed E-state index contributed by atoms with van der Waals surface area (Å²) in [6.07, 6.45) is 9.36. The van der Waals surface area contributed by atoms with Gasteiger partial charge in [0.15, 0.2) is 0 Å². The molecule has 0 radical (unpaired) electrons. The molecule has 2 saturated heterocycles. The lowest BCUT2D eigenvalue weighted by Crippen LogP contribution is -2.40. The van der Waals surface area contributed by atoms with Gasteiger partial charge in [0.05, 0.1) is 6.10 Å². The van der Waals surface area contributed by atoms with E-state index in [4.69, 9.17) is 0 Å². The number of nitrogens with zero attached hydrogens (tertiary/aromatic N) is 5. The van der Waals surface area contributed by atoms with Crippen molar-refractivity contribution < 1.29 is 5.11 Å². The van der Waals surface area contributed by atoms with Crippen LogP contribution >= 0.6 is 0 Å². The Morgan fingerprint density at radius 2 is 2.00 bits per heavy atom. The van der Waals surface area contributed by atoms with Crippen molar-refractivity contribution in [2.45, 2.75) is 44.4 Å². The number of rotatable bonds is 5. The summed E-state index contributed by atoms with van der Waals surface area (Å²) in [4.78, 5) is 17.9. The van der Waals surface area contributed by atoms with Crippen molar-refractivity contribution in [2.24, 2.45) is 0 Å². The van der Waals surface area contributed by atoms with E-state index in [9.17, 15) is 5.11 Å². The molecule has 144 valence electrons. The van der Waals surface area contributed by atoms with Crippen molar-refractivity contribution in [3.8, 4) is 0 Å². The van der Waals surface area contributed by atoms with Crippen LogP contribution < -0.4 is 10.2 Å². The molecule has 0 spiro atoms. The summed E-state index contributed by atoms with van der Waals surface area (Å²) in [6.45, 7) is 4.68. The zero-order valence-corrected chi connectivity index (χ0v) is 15.7. The molecule has 2 aliphatic heterocycles. The minimum Gasteiger partial charge on any atom is -0.391 e. The maximum absolute atomic E-state index is 9.89. The van der Waals surface area contributed by atoms with Crippen molar-refractivity contribution in [1.82, 2.24) is 19.9 Å². The molecule has 2 aromatic heterocycles. The van der Waals surface area contributed by atoms with Crippen molar-refractivity contribution in [2.75, 3.05) is 36.4 Å². The molecule has 0 bridgehead atoms. The third-order valence-electron chi connectivity index (χ3n) is 5.41. The lowest BCUT2D eigenvalue weighted by molar-refractivity contribution is 0.154. The standard InChI is InChI=1S/C20H28N6O/c27-18-4-2-10-26(15-18)19-5-9-22-20(24-19)23-17-6-11-25(12-7-17)14-16-3-1-8-21-13-16/h1,3,5,8-9,13,17-18,27H,2,4,6-7,10-12,14-15H2,(H,22,23,24). The normalized spacial score (nSPS) is 22.0. The molecule has 7 heteroatoms. The van der Waals surface area contributed by atoms with Gasteiger partial charge < -0.3 is 15.3 Å². The van der Waals surface area contributed by atoms with E-state index >= 15 is 0 Å². The van der Waals surface area contributed by atoms with E-state index in [1.807, 2.05) is 30.7 Å². The second kappa shape index (κ2) is 8.63. The van der Waals surface area contributed by atoms with Crippen molar-refractivity contribution >= 4 is 11.8 Å². The molecule has 2 fully saturated rings. The summed E-state index contributed by atoms with van der Waals surface area (Å²) < 4.78 is 0. The number of piperidine rings is 2. The Hall–Kier alpha value is -2.25. The first kappa shape index (κ1) is 18.1. The van der Waals surface area contributed by atoms with Crippen LogP contribution in [-0.4, -0.2) is 63.3 Å². The molecule has 1 atom stereocenters. The molecule has 0 aromatic carbocycles. The summed E-state index contributed by atoms with van der Waals surface area (Å²) in [5, 5.41) is 13.4. The molecule has 7 nitrogen and oxygen atoms in total. The molecular weight excluding hydrogens is 340 g/mol. The predicted octanol–water partition coefficient (Wildman–Crippen LogP) is 1.91. The Labute approximate surface area is 160 Å². The fourth-order valence-electron chi connectivity index (χ4n) is 3.93. The monoisotopic (exact) mass is 368 g/mol. The average Bonchev–Trinajstić information content (AvgIpc) is 2.71. The van der Waals surface area contributed by atoms with Crippen molar-refractivity contribution in [3.05, 3.63) is 42.4 Å². The number of likely N-dealkylation sites (tertiary alicyclic amines) is 1. The first-order chi connectivity index (χ1) is 13.3. The van der Waals surface area contributed by atoms with Crippen LogP contribution in [0.3, 0.4) is 0 Å². The molecule has 0 amide bonds. The van der Waals surface area contributed by atoms with Gasteiger partial charge in [-0.3, -0.25) is 9.88 Å². The Morgan fingerprint density at radius 3 is 2.78 bits per heavy atom. The molecule has 0 aliphatic carbocycles. The highest BCUT2D eigenvalue weighted by molar-refractivity contribution is 5.43. The maximum atomic E-state index is 9.89. The molecule has 2 aromatic rings. The van der Waals surface area contributed by atoms with Gasteiger partial charge in [-0.25, -0.2) is 4.98 Å². The summed E-state index contributed by atoms with van der Waals surface area (Å²) in [5.41, 5.74) is 1.27. The largest absolute Gasteiger partial charge is 0.391 e. The Kier molecular flexibility index (Phi) is 5.79. The van der Waals surface area contributed by atoms with Gasteiger partial charge >= 0.3 is 0 Å². The lowest BCUT2D eigenvalue weighted by atomic mass is 10.0. The second-order valence-electron chi connectivity index (χ2n) is 7.54.